The first-order chi connectivity index (χ1) is 17.5. The lowest BCUT2D eigenvalue weighted by atomic mass is 9.93. The van der Waals surface area contributed by atoms with E-state index in [4.69, 9.17) is 9.15 Å². The first kappa shape index (κ1) is 24.2. The Bertz CT molecular complexity index is 1210. The highest BCUT2D eigenvalue weighted by atomic mass is 16.5. The van der Waals surface area contributed by atoms with Crippen molar-refractivity contribution in [1.29, 1.82) is 0 Å². The molecular weight excluding hydrogens is 456 g/mol. The highest BCUT2D eigenvalue weighted by Gasteiger charge is 2.48. The fraction of sp³-hybridized carbons (Fsp3) is 0.464. The zero-order valence-electron chi connectivity index (χ0n) is 21.0. The molecule has 3 aromatic rings. The van der Waals surface area contributed by atoms with Crippen LogP contribution in [0.2, 0.25) is 0 Å². The van der Waals surface area contributed by atoms with Crippen LogP contribution in [0.5, 0.6) is 5.75 Å². The Morgan fingerprint density at radius 3 is 2.69 bits per heavy atom. The fourth-order valence-electron chi connectivity index (χ4n) is 5.28. The Balaban J connectivity index is 1.49. The minimum absolute atomic E-state index is 0.132. The van der Waals surface area contributed by atoms with Crippen LogP contribution in [0.15, 0.2) is 53.1 Å². The van der Waals surface area contributed by atoms with Gasteiger partial charge in [0.05, 0.1) is 19.4 Å². The summed E-state index contributed by atoms with van der Waals surface area (Å²) in [7, 11) is 0. The quantitative estimate of drug-likeness (QED) is 0.481. The second-order valence-corrected chi connectivity index (χ2v) is 9.96. The Labute approximate surface area is 211 Å². The van der Waals surface area contributed by atoms with E-state index in [1.54, 1.807) is 28.0 Å². The van der Waals surface area contributed by atoms with Crippen molar-refractivity contribution in [2.24, 2.45) is 0 Å². The van der Waals surface area contributed by atoms with Gasteiger partial charge in [0.15, 0.2) is 5.76 Å². The molecule has 1 saturated carbocycles. The second kappa shape index (κ2) is 10.2. The molecule has 190 valence electrons. The Morgan fingerprint density at radius 1 is 1.17 bits per heavy atom. The van der Waals surface area contributed by atoms with Crippen molar-refractivity contribution < 1.29 is 18.7 Å². The van der Waals surface area contributed by atoms with Crippen molar-refractivity contribution in [1.82, 2.24) is 20.0 Å². The van der Waals surface area contributed by atoms with E-state index in [0.29, 0.717) is 23.8 Å². The number of benzene rings is 1. The molecule has 1 fully saturated rings. The molecule has 0 radical (unpaired) electrons. The third-order valence-corrected chi connectivity index (χ3v) is 7.30. The highest BCUT2D eigenvalue weighted by molar-refractivity contribution is 6.00. The third kappa shape index (κ3) is 4.76. The predicted molar refractivity (Wildman–Crippen MR) is 135 cm³/mol. The van der Waals surface area contributed by atoms with Gasteiger partial charge in [0.1, 0.15) is 22.7 Å². The lowest BCUT2D eigenvalue weighted by Gasteiger charge is -2.44. The molecule has 5 rings (SSSR count). The molecule has 8 heteroatoms. The van der Waals surface area contributed by atoms with Gasteiger partial charge in [-0.25, -0.2) is 0 Å². The van der Waals surface area contributed by atoms with Crippen LogP contribution < -0.4 is 10.1 Å². The SMILES string of the molecule is CCOc1cccc(CN2C(=O)c3cc(-c4ccco4)nn3CC2(C)C(=O)NC2CCCCCC2)c1. The molecule has 0 bridgehead atoms. The molecule has 8 nitrogen and oxygen atoms in total. The molecule has 2 aliphatic rings. The summed E-state index contributed by atoms with van der Waals surface area (Å²) in [6, 6.07) is 13.2. The minimum atomic E-state index is -1.11. The zero-order chi connectivity index (χ0) is 25.1. The Kier molecular flexibility index (Phi) is 6.85. The monoisotopic (exact) mass is 490 g/mol. The van der Waals surface area contributed by atoms with Gasteiger partial charge in [-0.1, -0.05) is 37.8 Å². The van der Waals surface area contributed by atoms with E-state index in [1.165, 1.54) is 12.8 Å². The van der Waals surface area contributed by atoms with E-state index in [9.17, 15) is 9.59 Å². The van der Waals surface area contributed by atoms with Gasteiger partial charge in [-0.15, -0.1) is 0 Å². The standard InChI is InChI=1S/C28H34N4O4/c1-3-35-22-13-8-10-20(16-22)18-31-26(33)24-17-23(25-14-9-15-36-25)30-32(24)19-28(31,2)27(34)29-21-11-6-4-5-7-12-21/h8-10,13-17,21H,3-7,11-12,18-19H2,1-2H3,(H,29,34). The molecular formula is C28H34N4O4. The van der Waals surface area contributed by atoms with Crippen molar-refractivity contribution in [3.05, 3.63) is 60.0 Å². The van der Waals surface area contributed by atoms with Crippen molar-refractivity contribution in [2.75, 3.05) is 6.61 Å². The van der Waals surface area contributed by atoms with Gasteiger partial charge in [0.2, 0.25) is 5.91 Å². The van der Waals surface area contributed by atoms with Gasteiger partial charge < -0.3 is 19.4 Å². The summed E-state index contributed by atoms with van der Waals surface area (Å²) < 4.78 is 12.8. The molecule has 0 spiro atoms. The average molecular weight is 491 g/mol. The van der Waals surface area contributed by atoms with Crippen LogP contribution in [0.25, 0.3) is 11.5 Å². The number of fused-ring (bicyclic) bond motifs is 1. The molecule has 1 atom stereocenters. The maximum absolute atomic E-state index is 13.9. The largest absolute Gasteiger partial charge is 0.494 e. The number of hydrogen-bond acceptors (Lipinski definition) is 5. The van der Waals surface area contributed by atoms with Crippen LogP contribution in [0.3, 0.4) is 0 Å². The highest BCUT2D eigenvalue weighted by Crippen LogP contribution is 2.32. The maximum atomic E-state index is 13.9. The molecule has 36 heavy (non-hydrogen) atoms. The molecule has 1 aliphatic carbocycles. The number of ether oxygens (including phenoxy) is 1. The summed E-state index contributed by atoms with van der Waals surface area (Å²) in [4.78, 5) is 29.5. The van der Waals surface area contributed by atoms with E-state index in [-0.39, 0.29) is 30.9 Å². The van der Waals surface area contributed by atoms with Crippen molar-refractivity contribution in [3.63, 3.8) is 0 Å². The van der Waals surface area contributed by atoms with Gasteiger partial charge in [-0.05, 0) is 56.5 Å². The normalized spacial score (nSPS) is 20.6. The average Bonchev–Trinajstić information content (AvgIpc) is 3.48. The van der Waals surface area contributed by atoms with Crippen LogP contribution in [0, 0.1) is 0 Å². The summed E-state index contributed by atoms with van der Waals surface area (Å²) in [5.41, 5.74) is 0.823. The van der Waals surface area contributed by atoms with Crippen LogP contribution in [0.1, 0.15) is 68.4 Å². The van der Waals surface area contributed by atoms with Gasteiger partial charge >= 0.3 is 0 Å². The van der Waals surface area contributed by atoms with Crippen LogP contribution in [-0.2, 0) is 17.9 Å². The molecule has 1 aromatic carbocycles. The first-order valence-electron chi connectivity index (χ1n) is 12.9. The first-order valence-corrected chi connectivity index (χ1v) is 12.9. The number of aromatic nitrogens is 2. The van der Waals surface area contributed by atoms with Crippen LogP contribution in [-0.4, -0.2) is 44.7 Å². The maximum Gasteiger partial charge on any atom is 0.273 e. The number of amides is 2. The van der Waals surface area contributed by atoms with Crippen molar-refractivity contribution >= 4 is 11.8 Å². The molecule has 2 aromatic heterocycles. The number of hydrogen-bond donors (Lipinski definition) is 1. The molecule has 1 N–H and O–H groups in total. The molecule has 2 amide bonds. The third-order valence-electron chi connectivity index (χ3n) is 7.30. The van der Waals surface area contributed by atoms with Crippen LogP contribution in [0.4, 0.5) is 0 Å². The summed E-state index contributed by atoms with van der Waals surface area (Å²) in [5.74, 6) is 0.968. The summed E-state index contributed by atoms with van der Waals surface area (Å²) in [6.07, 6.45) is 8.17. The zero-order valence-corrected chi connectivity index (χ0v) is 21.0. The van der Waals surface area contributed by atoms with Crippen molar-refractivity contribution in [2.45, 2.75) is 77.0 Å². The topological polar surface area (TPSA) is 89.6 Å². The van der Waals surface area contributed by atoms with E-state index in [2.05, 4.69) is 10.4 Å². The minimum Gasteiger partial charge on any atom is -0.494 e. The van der Waals surface area contributed by atoms with E-state index >= 15 is 0 Å². The van der Waals surface area contributed by atoms with Gasteiger partial charge in [0, 0.05) is 18.7 Å². The number of rotatable bonds is 7. The van der Waals surface area contributed by atoms with E-state index < -0.39 is 5.54 Å². The van der Waals surface area contributed by atoms with Gasteiger partial charge in [0.25, 0.3) is 5.91 Å². The van der Waals surface area contributed by atoms with E-state index in [1.807, 2.05) is 44.2 Å². The number of nitrogens with zero attached hydrogens (tertiary/aromatic N) is 3. The number of nitrogens with one attached hydrogen (secondary N) is 1. The summed E-state index contributed by atoms with van der Waals surface area (Å²) >= 11 is 0. The lowest BCUT2D eigenvalue weighted by molar-refractivity contribution is -0.134. The molecule has 3 heterocycles. The second-order valence-electron chi connectivity index (χ2n) is 9.96. The number of furan rings is 1. The van der Waals surface area contributed by atoms with Gasteiger partial charge in [-0.2, -0.15) is 5.10 Å². The summed E-state index contributed by atoms with van der Waals surface area (Å²) in [6.45, 7) is 4.89. The Morgan fingerprint density at radius 2 is 1.97 bits per heavy atom. The number of carbonyl (C=O) groups is 2. The van der Waals surface area contributed by atoms with Crippen LogP contribution >= 0.6 is 0 Å². The smallest absolute Gasteiger partial charge is 0.273 e. The van der Waals surface area contributed by atoms with E-state index in [0.717, 1.165) is 37.0 Å². The van der Waals surface area contributed by atoms with Gasteiger partial charge in [-0.3, -0.25) is 14.3 Å². The fourth-order valence-corrected chi connectivity index (χ4v) is 5.28. The van der Waals surface area contributed by atoms with Crippen molar-refractivity contribution in [3.8, 4) is 17.2 Å². The lowest BCUT2D eigenvalue weighted by Crippen LogP contribution is -2.64. The Hall–Kier alpha value is -3.55. The predicted octanol–water partition coefficient (Wildman–Crippen LogP) is 4.80. The molecule has 0 saturated heterocycles. The summed E-state index contributed by atoms with van der Waals surface area (Å²) in [5, 5.41) is 7.92. The molecule has 1 unspecified atom stereocenters. The number of carbonyl (C=O) groups excluding carboxylic acids is 2. The molecule has 1 aliphatic heterocycles.